The van der Waals surface area contributed by atoms with Gasteiger partial charge in [-0.1, -0.05) is 19.1 Å². The van der Waals surface area contributed by atoms with Gasteiger partial charge in [-0.05, 0) is 37.5 Å². The molecule has 0 bridgehead atoms. The summed E-state index contributed by atoms with van der Waals surface area (Å²) < 4.78 is 10.6. The number of amides is 1. The number of rotatable bonds is 4. The summed E-state index contributed by atoms with van der Waals surface area (Å²) in [5.41, 5.74) is 0.949. The lowest BCUT2D eigenvalue weighted by atomic mass is 9.95. The van der Waals surface area contributed by atoms with Crippen molar-refractivity contribution >= 4 is 5.91 Å². The molecule has 0 radical (unpaired) electrons. The lowest BCUT2D eigenvalue weighted by Crippen LogP contribution is -2.55. The Labute approximate surface area is 127 Å². The maximum absolute atomic E-state index is 12.6. The standard InChI is InChI=1S/C17H25NO3/c1-13(14-5-7-15(20-4)8-6-14)11-16(19)18-9-10-21-12-17(18,2)3/h5-8,13H,9-12H2,1-4H3. The highest BCUT2D eigenvalue weighted by Gasteiger charge is 2.34. The Bertz CT molecular complexity index is 481. The van der Waals surface area contributed by atoms with Crippen molar-refractivity contribution in [1.82, 2.24) is 4.90 Å². The van der Waals surface area contributed by atoms with E-state index < -0.39 is 0 Å². The minimum Gasteiger partial charge on any atom is -0.497 e. The zero-order valence-electron chi connectivity index (χ0n) is 13.4. The van der Waals surface area contributed by atoms with Crippen LogP contribution in [0.3, 0.4) is 0 Å². The van der Waals surface area contributed by atoms with Crippen LogP contribution in [0.25, 0.3) is 0 Å². The second-order valence-corrected chi connectivity index (χ2v) is 6.29. The van der Waals surface area contributed by atoms with Gasteiger partial charge in [0.15, 0.2) is 0 Å². The van der Waals surface area contributed by atoms with E-state index in [1.807, 2.05) is 29.2 Å². The molecule has 2 rings (SSSR count). The molecule has 1 unspecified atom stereocenters. The van der Waals surface area contributed by atoms with Crippen molar-refractivity contribution in [2.45, 2.75) is 38.6 Å². The van der Waals surface area contributed by atoms with Gasteiger partial charge in [-0.3, -0.25) is 4.79 Å². The van der Waals surface area contributed by atoms with Gasteiger partial charge in [-0.2, -0.15) is 0 Å². The van der Waals surface area contributed by atoms with Crippen LogP contribution in [-0.2, 0) is 9.53 Å². The van der Waals surface area contributed by atoms with Crippen LogP contribution >= 0.6 is 0 Å². The highest BCUT2D eigenvalue weighted by atomic mass is 16.5. The van der Waals surface area contributed by atoms with Crippen LogP contribution in [0.15, 0.2) is 24.3 Å². The molecule has 0 aromatic heterocycles. The second-order valence-electron chi connectivity index (χ2n) is 6.29. The van der Waals surface area contributed by atoms with Crippen LogP contribution in [0.2, 0.25) is 0 Å². The fourth-order valence-electron chi connectivity index (χ4n) is 2.74. The summed E-state index contributed by atoms with van der Waals surface area (Å²) in [7, 11) is 1.66. The van der Waals surface area contributed by atoms with E-state index in [2.05, 4.69) is 20.8 Å². The molecule has 0 aliphatic carbocycles. The first kappa shape index (κ1) is 15.8. The van der Waals surface area contributed by atoms with Gasteiger partial charge < -0.3 is 14.4 Å². The summed E-state index contributed by atoms with van der Waals surface area (Å²) in [6, 6.07) is 7.94. The predicted octanol–water partition coefficient (Wildman–Crippen LogP) is 2.83. The van der Waals surface area contributed by atoms with Gasteiger partial charge in [0.05, 0.1) is 25.9 Å². The van der Waals surface area contributed by atoms with Gasteiger partial charge >= 0.3 is 0 Å². The van der Waals surface area contributed by atoms with Crippen molar-refractivity contribution in [1.29, 1.82) is 0 Å². The molecule has 1 aromatic carbocycles. The van der Waals surface area contributed by atoms with E-state index in [-0.39, 0.29) is 17.4 Å². The normalized spacial score (nSPS) is 19.1. The number of carbonyl (C=O) groups excluding carboxylic acids is 1. The number of hydrogen-bond acceptors (Lipinski definition) is 3. The summed E-state index contributed by atoms with van der Waals surface area (Å²) in [6.45, 7) is 8.13. The van der Waals surface area contributed by atoms with Crippen LogP contribution in [-0.4, -0.2) is 43.2 Å². The zero-order chi connectivity index (χ0) is 15.5. The largest absolute Gasteiger partial charge is 0.497 e. The smallest absolute Gasteiger partial charge is 0.223 e. The first-order valence-electron chi connectivity index (χ1n) is 7.46. The first-order valence-corrected chi connectivity index (χ1v) is 7.46. The van der Waals surface area contributed by atoms with Gasteiger partial charge in [-0.15, -0.1) is 0 Å². The van der Waals surface area contributed by atoms with Crippen LogP contribution in [0.5, 0.6) is 5.75 Å². The molecule has 116 valence electrons. The highest BCUT2D eigenvalue weighted by Crippen LogP contribution is 2.26. The molecule has 1 heterocycles. The molecule has 4 nitrogen and oxygen atoms in total. The van der Waals surface area contributed by atoms with Crippen molar-refractivity contribution < 1.29 is 14.3 Å². The van der Waals surface area contributed by atoms with E-state index in [0.717, 1.165) is 11.3 Å². The van der Waals surface area contributed by atoms with Gasteiger partial charge in [0.2, 0.25) is 5.91 Å². The molecule has 1 aliphatic rings. The SMILES string of the molecule is COc1ccc(C(C)CC(=O)N2CCOCC2(C)C)cc1. The van der Waals surface area contributed by atoms with Crippen molar-refractivity contribution in [3.63, 3.8) is 0 Å². The van der Waals surface area contributed by atoms with Crippen molar-refractivity contribution in [2.75, 3.05) is 26.9 Å². The Morgan fingerprint density at radius 2 is 2.05 bits per heavy atom. The van der Waals surface area contributed by atoms with Gasteiger partial charge in [0, 0.05) is 13.0 Å². The number of carbonyl (C=O) groups is 1. The number of nitrogens with zero attached hydrogens (tertiary/aromatic N) is 1. The first-order chi connectivity index (χ1) is 9.94. The molecular weight excluding hydrogens is 266 g/mol. The number of methoxy groups -OCH3 is 1. The van der Waals surface area contributed by atoms with E-state index in [9.17, 15) is 4.79 Å². The monoisotopic (exact) mass is 291 g/mol. The molecule has 1 aliphatic heterocycles. The maximum Gasteiger partial charge on any atom is 0.223 e. The molecule has 1 fully saturated rings. The van der Waals surface area contributed by atoms with Crippen LogP contribution in [0.4, 0.5) is 0 Å². The van der Waals surface area contributed by atoms with Crippen molar-refractivity contribution in [3.05, 3.63) is 29.8 Å². The van der Waals surface area contributed by atoms with E-state index in [4.69, 9.17) is 9.47 Å². The average Bonchev–Trinajstić information content (AvgIpc) is 2.46. The lowest BCUT2D eigenvalue weighted by Gasteiger charge is -2.42. The average molecular weight is 291 g/mol. The molecule has 21 heavy (non-hydrogen) atoms. The number of morpholine rings is 1. The van der Waals surface area contributed by atoms with Crippen molar-refractivity contribution in [2.24, 2.45) is 0 Å². The molecule has 0 saturated carbocycles. The third-order valence-electron chi connectivity index (χ3n) is 4.11. The Hall–Kier alpha value is -1.55. The molecule has 1 aromatic rings. The summed E-state index contributed by atoms with van der Waals surface area (Å²) in [5.74, 6) is 1.24. The zero-order valence-corrected chi connectivity index (χ0v) is 13.4. The van der Waals surface area contributed by atoms with Gasteiger partial charge in [0.1, 0.15) is 5.75 Å². The van der Waals surface area contributed by atoms with Crippen LogP contribution in [0.1, 0.15) is 38.7 Å². The predicted molar refractivity (Wildman–Crippen MR) is 82.6 cm³/mol. The molecule has 4 heteroatoms. The van der Waals surface area contributed by atoms with E-state index >= 15 is 0 Å². The summed E-state index contributed by atoms with van der Waals surface area (Å²) >= 11 is 0. The van der Waals surface area contributed by atoms with E-state index in [0.29, 0.717) is 26.2 Å². The Morgan fingerprint density at radius 1 is 1.38 bits per heavy atom. The summed E-state index contributed by atoms with van der Waals surface area (Å²) in [4.78, 5) is 14.5. The molecule has 1 saturated heterocycles. The Balaban J connectivity index is 2.00. The fraction of sp³-hybridized carbons (Fsp3) is 0.588. The Morgan fingerprint density at radius 3 is 2.62 bits per heavy atom. The maximum atomic E-state index is 12.6. The number of hydrogen-bond donors (Lipinski definition) is 0. The molecular formula is C17H25NO3. The molecule has 0 N–H and O–H groups in total. The van der Waals surface area contributed by atoms with Crippen LogP contribution < -0.4 is 4.74 Å². The minimum atomic E-state index is -0.213. The van der Waals surface area contributed by atoms with Gasteiger partial charge in [0.25, 0.3) is 0 Å². The topological polar surface area (TPSA) is 38.8 Å². The second kappa shape index (κ2) is 6.48. The highest BCUT2D eigenvalue weighted by molar-refractivity contribution is 5.78. The third kappa shape index (κ3) is 3.76. The van der Waals surface area contributed by atoms with E-state index in [1.54, 1.807) is 7.11 Å². The molecule has 0 spiro atoms. The fourth-order valence-corrected chi connectivity index (χ4v) is 2.74. The lowest BCUT2D eigenvalue weighted by molar-refractivity contribution is -0.146. The van der Waals surface area contributed by atoms with E-state index in [1.165, 1.54) is 0 Å². The molecule has 1 amide bonds. The Kier molecular flexibility index (Phi) is 4.88. The van der Waals surface area contributed by atoms with Crippen molar-refractivity contribution in [3.8, 4) is 5.75 Å². The summed E-state index contributed by atoms with van der Waals surface area (Å²) in [5, 5.41) is 0. The van der Waals surface area contributed by atoms with Gasteiger partial charge in [-0.25, -0.2) is 0 Å². The summed E-state index contributed by atoms with van der Waals surface area (Å²) in [6.07, 6.45) is 0.524. The quantitative estimate of drug-likeness (QED) is 0.856. The number of benzene rings is 1. The molecule has 1 atom stereocenters. The van der Waals surface area contributed by atoms with Crippen LogP contribution in [0, 0.1) is 0 Å². The third-order valence-corrected chi connectivity index (χ3v) is 4.11. The number of ether oxygens (including phenoxy) is 2. The minimum absolute atomic E-state index is 0.196.